The Bertz CT molecular complexity index is 1490. The monoisotopic (exact) mass is 536 g/mol. The van der Waals surface area contributed by atoms with E-state index in [0.29, 0.717) is 11.3 Å². The van der Waals surface area contributed by atoms with Crippen molar-refractivity contribution in [2.75, 3.05) is 5.01 Å². The SMILES string of the molecule is NN(c1cccc(C(=O)NCc2cccc(F)c2)c1)c1ccccc1C(=O)NCc1ccccc1C(F)(F)F. The van der Waals surface area contributed by atoms with Gasteiger partial charge in [-0.15, -0.1) is 0 Å². The summed E-state index contributed by atoms with van der Waals surface area (Å²) in [5.41, 5.74) is 0.768. The number of para-hydroxylation sites is 1. The van der Waals surface area contributed by atoms with Gasteiger partial charge in [-0.25, -0.2) is 10.2 Å². The minimum Gasteiger partial charge on any atom is -0.348 e. The third kappa shape index (κ3) is 6.79. The maximum atomic E-state index is 13.4. The van der Waals surface area contributed by atoms with E-state index in [1.165, 1.54) is 47.5 Å². The number of carbonyl (C=O) groups is 2. The van der Waals surface area contributed by atoms with Crippen molar-refractivity contribution in [3.63, 3.8) is 0 Å². The Kier molecular flexibility index (Phi) is 8.26. The maximum absolute atomic E-state index is 13.4. The molecule has 0 aromatic heterocycles. The Hall–Kier alpha value is -4.70. The first-order valence-corrected chi connectivity index (χ1v) is 11.8. The number of anilines is 2. The van der Waals surface area contributed by atoms with E-state index in [1.54, 1.807) is 48.5 Å². The van der Waals surface area contributed by atoms with Gasteiger partial charge in [0.15, 0.2) is 0 Å². The molecule has 0 saturated carbocycles. The van der Waals surface area contributed by atoms with E-state index in [-0.39, 0.29) is 35.5 Å². The van der Waals surface area contributed by atoms with Gasteiger partial charge in [-0.3, -0.25) is 14.6 Å². The third-order valence-corrected chi connectivity index (χ3v) is 5.90. The highest BCUT2D eigenvalue weighted by Gasteiger charge is 2.33. The minimum absolute atomic E-state index is 0.0719. The molecule has 0 unspecified atom stereocenters. The van der Waals surface area contributed by atoms with Crippen LogP contribution in [0.2, 0.25) is 0 Å². The molecule has 0 aliphatic heterocycles. The molecular weight excluding hydrogens is 512 g/mol. The molecule has 0 fully saturated rings. The highest BCUT2D eigenvalue weighted by atomic mass is 19.4. The molecule has 2 amide bonds. The summed E-state index contributed by atoms with van der Waals surface area (Å²) in [5.74, 6) is 4.88. The van der Waals surface area contributed by atoms with Crippen molar-refractivity contribution >= 4 is 23.2 Å². The molecule has 0 radical (unpaired) electrons. The van der Waals surface area contributed by atoms with Crippen LogP contribution in [-0.2, 0) is 19.3 Å². The molecule has 0 heterocycles. The number of hydrogen-bond donors (Lipinski definition) is 3. The van der Waals surface area contributed by atoms with Gasteiger partial charge in [0.25, 0.3) is 11.8 Å². The first kappa shape index (κ1) is 27.3. The minimum atomic E-state index is -4.55. The molecule has 6 nitrogen and oxygen atoms in total. The molecule has 4 aromatic carbocycles. The van der Waals surface area contributed by atoms with Crippen LogP contribution in [0.15, 0.2) is 97.1 Å². The standard InChI is InChI=1S/C29H24F4N4O2/c30-22-10-5-7-19(15-22)17-35-27(38)20-9-6-11-23(16-20)37(34)26-14-4-2-12-24(26)28(39)36-18-21-8-1-3-13-25(21)29(31,32)33/h1-16H,17-18,34H2,(H,35,38)(H,36,39). The second kappa shape index (κ2) is 11.8. The van der Waals surface area contributed by atoms with Crippen LogP contribution in [0.5, 0.6) is 0 Å². The highest BCUT2D eigenvalue weighted by Crippen LogP contribution is 2.32. The zero-order valence-corrected chi connectivity index (χ0v) is 20.5. The predicted molar refractivity (Wildman–Crippen MR) is 139 cm³/mol. The Morgan fingerprint density at radius 3 is 2.23 bits per heavy atom. The van der Waals surface area contributed by atoms with Crippen molar-refractivity contribution in [1.82, 2.24) is 10.6 Å². The number of alkyl halides is 3. The predicted octanol–water partition coefficient (Wildman–Crippen LogP) is 5.72. The van der Waals surface area contributed by atoms with E-state index in [1.807, 2.05) is 0 Å². The Labute approximate surface area is 222 Å². The summed E-state index contributed by atoms with van der Waals surface area (Å²) >= 11 is 0. The summed E-state index contributed by atoms with van der Waals surface area (Å²) in [7, 11) is 0. The number of benzene rings is 4. The number of rotatable bonds is 8. The highest BCUT2D eigenvalue weighted by molar-refractivity contribution is 6.01. The smallest absolute Gasteiger partial charge is 0.348 e. The summed E-state index contributed by atoms with van der Waals surface area (Å²) in [4.78, 5) is 25.7. The number of halogens is 4. The lowest BCUT2D eigenvalue weighted by Gasteiger charge is -2.22. The Balaban J connectivity index is 1.49. The molecule has 4 rings (SSSR count). The molecule has 4 aromatic rings. The van der Waals surface area contributed by atoms with Crippen LogP contribution in [0.25, 0.3) is 0 Å². The molecule has 0 spiro atoms. The van der Waals surface area contributed by atoms with Crippen LogP contribution in [0.1, 0.15) is 37.4 Å². The van der Waals surface area contributed by atoms with Crippen LogP contribution >= 0.6 is 0 Å². The largest absolute Gasteiger partial charge is 0.416 e. The van der Waals surface area contributed by atoms with Crippen LogP contribution in [0, 0.1) is 5.82 Å². The first-order valence-electron chi connectivity index (χ1n) is 11.8. The fraction of sp³-hybridized carbons (Fsp3) is 0.103. The van der Waals surface area contributed by atoms with Crippen molar-refractivity contribution in [2.45, 2.75) is 19.3 Å². The summed E-state index contributed by atoms with van der Waals surface area (Å²) in [5, 5.41) is 6.45. The molecule has 0 aliphatic carbocycles. The fourth-order valence-electron chi connectivity index (χ4n) is 3.96. The topological polar surface area (TPSA) is 87.5 Å². The second-order valence-corrected chi connectivity index (χ2v) is 8.59. The number of carbonyl (C=O) groups excluding carboxylic acids is 2. The van der Waals surface area contributed by atoms with Gasteiger partial charge in [-0.2, -0.15) is 13.2 Å². The summed E-state index contributed by atoms with van der Waals surface area (Å²) < 4.78 is 53.3. The van der Waals surface area contributed by atoms with Crippen molar-refractivity contribution in [3.05, 3.63) is 131 Å². The van der Waals surface area contributed by atoms with Gasteiger partial charge in [0.1, 0.15) is 5.82 Å². The van der Waals surface area contributed by atoms with Gasteiger partial charge in [0.05, 0.1) is 22.5 Å². The Morgan fingerprint density at radius 2 is 1.46 bits per heavy atom. The van der Waals surface area contributed by atoms with Crippen LogP contribution < -0.4 is 21.5 Å². The van der Waals surface area contributed by atoms with Gasteiger partial charge in [-0.1, -0.05) is 48.5 Å². The van der Waals surface area contributed by atoms with Gasteiger partial charge >= 0.3 is 6.18 Å². The van der Waals surface area contributed by atoms with E-state index in [0.717, 1.165) is 6.07 Å². The number of nitrogens with one attached hydrogen (secondary N) is 2. The summed E-state index contributed by atoms with van der Waals surface area (Å²) in [6.45, 7) is -0.220. The van der Waals surface area contributed by atoms with Gasteiger partial charge in [0, 0.05) is 18.7 Å². The molecule has 0 bridgehead atoms. The molecule has 4 N–H and O–H groups in total. The maximum Gasteiger partial charge on any atom is 0.416 e. The lowest BCUT2D eigenvalue weighted by atomic mass is 10.1. The van der Waals surface area contributed by atoms with E-state index in [9.17, 15) is 27.2 Å². The lowest BCUT2D eigenvalue weighted by Crippen LogP contribution is -2.31. The number of amides is 2. The zero-order valence-electron chi connectivity index (χ0n) is 20.5. The Morgan fingerprint density at radius 1 is 0.769 bits per heavy atom. The van der Waals surface area contributed by atoms with E-state index in [2.05, 4.69) is 10.6 Å². The molecule has 10 heteroatoms. The summed E-state index contributed by atoms with van der Waals surface area (Å²) in [6, 6.07) is 23.6. The van der Waals surface area contributed by atoms with Gasteiger partial charge in [0.2, 0.25) is 0 Å². The number of hydrogen-bond acceptors (Lipinski definition) is 4. The quantitative estimate of drug-likeness (QED) is 0.153. The number of nitrogens with zero attached hydrogens (tertiary/aromatic N) is 1. The fourth-order valence-corrected chi connectivity index (χ4v) is 3.96. The lowest BCUT2D eigenvalue weighted by molar-refractivity contribution is -0.138. The van der Waals surface area contributed by atoms with Crippen molar-refractivity contribution in [2.24, 2.45) is 5.84 Å². The van der Waals surface area contributed by atoms with E-state index < -0.39 is 29.4 Å². The van der Waals surface area contributed by atoms with Crippen LogP contribution in [-0.4, -0.2) is 11.8 Å². The molecule has 200 valence electrons. The average molecular weight is 537 g/mol. The number of nitrogens with two attached hydrogens (primary N) is 1. The van der Waals surface area contributed by atoms with Crippen LogP contribution in [0.4, 0.5) is 28.9 Å². The van der Waals surface area contributed by atoms with E-state index >= 15 is 0 Å². The average Bonchev–Trinajstić information content (AvgIpc) is 2.94. The molecular formula is C29H24F4N4O2. The van der Waals surface area contributed by atoms with Gasteiger partial charge < -0.3 is 10.6 Å². The van der Waals surface area contributed by atoms with Crippen molar-refractivity contribution < 1.29 is 27.2 Å². The first-order chi connectivity index (χ1) is 18.6. The molecule has 0 saturated heterocycles. The van der Waals surface area contributed by atoms with Crippen molar-refractivity contribution in [1.29, 1.82) is 0 Å². The third-order valence-electron chi connectivity index (χ3n) is 5.90. The molecule has 39 heavy (non-hydrogen) atoms. The number of hydrazine groups is 1. The zero-order chi connectivity index (χ0) is 28.0. The summed E-state index contributed by atoms with van der Waals surface area (Å²) in [6.07, 6.45) is -4.55. The van der Waals surface area contributed by atoms with E-state index in [4.69, 9.17) is 5.84 Å². The van der Waals surface area contributed by atoms with Crippen molar-refractivity contribution in [3.8, 4) is 0 Å². The van der Waals surface area contributed by atoms with Gasteiger partial charge in [-0.05, 0) is 59.7 Å². The van der Waals surface area contributed by atoms with Crippen LogP contribution in [0.3, 0.4) is 0 Å². The molecule has 0 aliphatic rings. The molecule has 0 atom stereocenters. The second-order valence-electron chi connectivity index (χ2n) is 8.59. The normalized spacial score (nSPS) is 11.1.